The van der Waals surface area contributed by atoms with E-state index in [1.165, 1.54) is 18.2 Å². The van der Waals surface area contributed by atoms with Gasteiger partial charge in [0.05, 0.1) is 4.92 Å². The minimum atomic E-state index is -0.591. The Morgan fingerprint density at radius 2 is 2.18 bits per heavy atom. The van der Waals surface area contributed by atoms with Crippen LogP contribution in [0.5, 0.6) is 5.75 Å². The minimum Gasteiger partial charge on any atom is -0.477 e. The molecule has 0 saturated carbocycles. The van der Waals surface area contributed by atoms with Gasteiger partial charge in [0.2, 0.25) is 0 Å². The summed E-state index contributed by atoms with van der Waals surface area (Å²) in [5.41, 5.74) is -0.253. The number of nitrogens with zero attached hydrogens (tertiary/aromatic N) is 1. The van der Waals surface area contributed by atoms with E-state index in [1.54, 1.807) is 0 Å². The first kappa shape index (κ1) is 18.2. The maximum atomic E-state index is 11.8. The highest BCUT2D eigenvalue weighted by atomic mass is 35.5. The van der Waals surface area contributed by atoms with E-state index < -0.39 is 4.92 Å². The summed E-state index contributed by atoms with van der Waals surface area (Å²) < 4.78 is 5.23. The van der Waals surface area contributed by atoms with Gasteiger partial charge in [0, 0.05) is 17.1 Å². The van der Waals surface area contributed by atoms with Crippen LogP contribution < -0.4 is 10.1 Å². The van der Waals surface area contributed by atoms with Crippen LogP contribution in [0.25, 0.3) is 0 Å². The van der Waals surface area contributed by atoms with Crippen molar-refractivity contribution in [2.24, 2.45) is 0 Å². The minimum absolute atomic E-state index is 0.0307. The van der Waals surface area contributed by atoms with E-state index in [0.717, 1.165) is 25.7 Å². The molecule has 0 bridgehead atoms. The number of benzene rings is 1. The van der Waals surface area contributed by atoms with Gasteiger partial charge in [-0.3, -0.25) is 14.9 Å². The number of amides is 1. The molecule has 0 spiro atoms. The molecule has 0 aliphatic carbocycles. The molecular weight excluding hydrogens is 308 g/mol. The molecule has 0 aromatic heterocycles. The van der Waals surface area contributed by atoms with Gasteiger partial charge >= 0.3 is 5.69 Å². The quantitative estimate of drug-likeness (QED) is 0.425. The first-order valence-corrected chi connectivity index (χ1v) is 7.68. The average molecular weight is 329 g/mol. The number of unbranched alkanes of at least 4 members (excludes halogenated alkanes) is 2. The van der Waals surface area contributed by atoms with Crippen molar-refractivity contribution in [2.45, 2.75) is 45.6 Å². The van der Waals surface area contributed by atoms with E-state index in [1.807, 2.05) is 6.92 Å². The normalized spacial score (nSPS) is 11.8. The van der Waals surface area contributed by atoms with Crippen molar-refractivity contribution < 1.29 is 14.5 Å². The van der Waals surface area contributed by atoms with Gasteiger partial charge in [-0.1, -0.05) is 37.8 Å². The van der Waals surface area contributed by atoms with E-state index in [-0.39, 0.29) is 35.0 Å². The van der Waals surface area contributed by atoms with E-state index in [4.69, 9.17) is 16.3 Å². The number of halogens is 1. The van der Waals surface area contributed by atoms with Gasteiger partial charge in [-0.15, -0.1) is 0 Å². The Hall–Kier alpha value is -1.82. The lowest BCUT2D eigenvalue weighted by Crippen LogP contribution is -2.36. The summed E-state index contributed by atoms with van der Waals surface area (Å²) in [5, 5.41) is 14.0. The first-order valence-electron chi connectivity index (χ1n) is 7.30. The molecule has 0 heterocycles. The predicted molar refractivity (Wildman–Crippen MR) is 85.3 cm³/mol. The molecule has 0 aliphatic heterocycles. The van der Waals surface area contributed by atoms with Gasteiger partial charge < -0.3 is 10.1 Å². The highest BCUT2D eigenvalue weighted by Crippen LogP contribution is 2.29. The van der Waals surface area contributed by atoms with Crippen molar-refractivity contribution in [1.29, 1.82) is 0 Å². The van der Waals surface area contributed by atoms with Crippen LogP contribution in [0, 0.1) is 10.1 Å². The van der Waals surface area contributed by atoms with Crippen molar-refractivity contribution in [1.82, 2.24) is 5.32 Å². The SMILES string of the molecule is CCCCC[C@H](C)NC(=O)COc1ccc(Cl)cc1[N+](=O)[O-]. The summed E-state index contributed by atoms with van der Waals surface area (Å²) in [6, 6.07) is 4.12. The molecule has 0 radical (unpaired) electrons. The summed E-state index contributed by atoms with van der Waals surface area (Å²) in [6.45, 7) is 3.79. The Morgan fingerprint density at radius 3 is 2.82 bits per heavy atom. The molecule has 0 fully saturated rings. The lowest BCUT2D eigenvalue weighted by Gasteiger charge is -2.14. The summed E-state index contributed by atoms with van der Waals surface area (Å²) in [4.78, 5) is 22.1. The number of nitro groups is 1. The smallest absolute Gasteiger partial charge is 0.312 e. The number of hydrogen-bond acceptors (Lipinski definition) is 4. The molecule has 122 valence electrons. The van der Waals surface area contributed by atoms with E-state index in [2.05, 4.69) is 12.2 Å². The van der Waals surface area contributed by atoms with Crippen LogP contribution in [-0.4, -0.2) is 23.5 Å². The Morgan fingerprint density at radius 1 is 1.45 bits per heavy atom. The number of ether oxygens (including phenoxy) is 1. The van der Waals surface area contributed by atoms with Crippen molar-refractivity contribution in [3.8, 4) is 5.75 Å². The largest absolute Gasteiger partial charge is 0.477 e. The summed E-state index contributed by atoms with van der Waals surface area (Å²) in [7, 11) is 0. The number of nitro benzene ring substituents is 1. The van der Waals surface area contributed by atoms with Crippen LogP contribution in [0.1, 0.15) is 39.5 Å². The number of carbonyl (C=O) groups excluding carboxylic acids is 1. The van der Waals surface area contributed by atoms with Gasteiger partial charge in [-0.25, -0.2) is 0 Å². The maximum absolute atomic E-state index is 11.8. The van der Waals surface area contributed by atoms with Crippen LogP contribution >= 0.6 is 11.6 Å². The molecular formula is C15H21ClN2O4. The molecule has 0 aliphatic rings. The van der Waals surface area contributed by atoms with Gasteiger partial charge in [-0.05, 0) is 25.5 Å². The third-order valence-electron chi connectivity index (χ3n) is 3.12. The van der Waals surface area contributed by atoms with Gasteiger partial charge in [0.1, 0.15) is 0 Å². The van der Waals surface area contributed by atoms with Crippen LogP contribution in [0.15, 0.2) is 18.2 Å². The zero-order valence-electron chi connectivity index (χ0n) is 12.8. The zero-order chi connectivity index (χ0) is 16.5. The highest BCUT2D eigenvalue weighted by molar-refractivity contribution is 6.30. The van der Waals surface area contributed by atoms with Crippen LogP contribution in [-0.2, 0) is 4.79 Å². The van der Waals surface area contributed by atoms with Crippen LogP contribution in [0.2, 0.25) is 5.02 Å². The third kappa shape index (κ3) is 6.30. The predicted octanol–water partition coefficient (Wildman–Crippen LogP) is 3.71. The summed E-state index contributed by atoms with van der Waals surface area (Å²) >= 11 is 5.71. The standard InChI is InChI=1S/C15H21ClN2O4/c1-3-4-5-6-11(2)17-15(19)10-22-14-8-7-12(16)9-13(14)18(20)21/h7-9,11H,3-6,10H2,1-2H3,(H,17,19)/t11-/m0/s1. The van der Waals surface area contributed by atoms with Crippen molar-refractivity contribution in [3.05, 3.63) is 33.3 Å². The van der Waals surface area contributed by atoms with Gasteiger partial charge in [-0.2, -0.15) is 0 Å². The number of hydrogen-bond donors (Lipinski definition) is 1. The molecule has 1 aromatic carbocycles. The molecule has 6 nitrogen and oxygen atoms in total. The second-order valence-corrected chi connectivity index (χ2v) is 5.56. The number of carbonyl (C=O) groups is 1. The molecule has 1 aromatic rings. The van der Waals surface area contributed by atoms with Crippen LogP contribution in [0.3, 0.4) is 0 Å². The number of nitrogens with one attached hydrogen (secondary N) is 1. The molecule has 1 N–H and O–H groups in total. The topological polar surface area (TPSA) is 81.5 Å². The van der Waals surface area contributed by atoms with Crippen LogP contribution in [0.4, 0.5) is 5.69 Å². The average Bonchev–Trinajstić information content (AvgIpc) is 2.46. The van der Waals surface area contributed by atoms with E-state index in [9.17, 15) is 14.9 Å². The first-order chi connectivity index (χ1) is 10.4. The Balaban J connectivity index is 2.49. The molecule has 1 amide bonds. The highest BCUT2D eigenvalue weighted by Gasteiger charge is 2.17. The van der Waals surface area contributed by atoms with Crippen molar-refractivity contribution >= 4 is 23.2 Å². The van der Waals surface area contributed by atoms with E-state index in [0.29, 0.717) is 0 Å². The summed E-state index contributed by atoms with van der Waals surface area (Å²) in [5.74, 6) is -0.267. The van der Waals surface area contributed by atoms with Crippen molar-refractivity contribution in [3.63, 3.8) is 0 Å². The zero-order valence-corrected chi connectivity index (χ0v) is 13.6. The molecule has 7 heteroatoms. The maximum Gasteiger partial charge on any atom is 0.312 e. The third-order valence-corrected chi connectivity index (χ3v) is 3.36. The van der Waals surface area contributed by atoms with Gasteiger partial charge in [0.25, 0.3) is 5.91 Å². The Labute approximate surface area is 134 Å². The fraction of sp³-hybridized carbons (Fsp3) is 0.533. The Bertz CT molecular complexity index is 522. The number of rotatable bonds is 9. The molecule has 0 unspecified atom stereocenters. The molecule has 1 rings (SSSR count). The molecule has 1 atom stereocenters. The molecule has 22 heavy (non-hydrogen) atoms. The van der Waals surface area contributed by atoms with E-state index >= 15 is 0 Å². The second-order valence-electron chi connectivity index (χ2n) is 5.12. The lowest BCUT2D eigenvalue weighted by molar-refractivity contribution is -0.385. The summed E-state index contributed by atoms with van der Waals surface area (Å²) in [6.07, 6.45) is 4.22. The monoisotopic (exact) mass is 328 g/mol. The second kappa shape index (κ2) is 9.25. The molecule has 0 saturated heterocycles. The lowest BCUT2D eigenvalue weighted by atomic mass is 10.1. The van der Waals surface area contributed by atoms with Crippen molar-refractivity contribution in [2.75, 3.05) is 6.61 Å². The van der Waals surface area contributed by atoms with Gasteiger partial charge in [0.15, 0.2) is 12.4 Å². The Kier molecular flexibility index (Phi) is 7.66. The fourth-order valence-electron chi connectivity index (χ4n) is 1.99. The fourth-order valence-corrected chi connectivity index (χ4v) is 2.15.